The second-order valence-corrected chi connectivity index (χ2v) is 8.57. The first-order valence-electron chi connectivity index (χ1n) is 12.2. The van der Waals surface area contributed by atoms with Gasteiger partial charge in [0.2, 0.25) is 11.8 Å². The highest BCUT2D eigenvalue weighted by atomic mass is 16.5. The van der Waals surface area contributed by atoms with E-state index in [1.807, 2.05) is 44.2 Å². The number of nitrogens with zero attached hydrogens (tertiary/aromatic N) is 2. The highest BCUT2D eigenvalue weighted by Gasteiger charge is 2.25. The molecule has 0 saturated heterocycles. The monoisotopic (exact) mass is 472 g/mol. The summed E-state index contributed by atoms with van der Waals surface area (Å²) in [5, 5.41) is 0. The quantitative estimate of drug-likeness (QED) is 0.338. The molecular formula is C27H40N2O5. The van der Waals surface area contributed by atoms with Gasteiger partial charge in [0.15, 0.2) is 11.5 Å². The Morgan fingerprint density at radius 1 is 1.03 bits per heavy atom. The molecular weight excluding hydrogens is 432 g/mol. The van der Waals surface area contributed by atoms with Gasteiger partial charge in [-0.1, -0.05) is 32.8 Å². The molecule has 34 heavy (non-hydrogen) atoms. The van der Waals surface area contributed by atoms with E-state index in [2.05, 4.69) is 6.92 Å². The minimum atomic E-state index is -0.0824. The molecule has 0 aliphatic rings. The van der Waals surface area contributed by atoms with Crippen molar-refractivity contribution in [3.8, 4) is 11.5 Å². The van der Waals surface area contributed by atoms with Crippen molar-refractivity contribution in [3.63, 3.8) is 0 Å². The van der Waals surface area contributed by atoms with E-state index in [1.54, 1.807) is 30.3 Å². The normalized spacial score (nSPS) is 11.7. The Morgan fingerprint density at radius 2 is 1.79 bits per heavy atom. The number of hydrogen-bond donors (Lipinski definition) is 0. The average Bonchev–Trinajstić information content (AvgIpc) is 3.37. The number of methoxy groups -OCH3 is 2. The summed E-state index contributed by atoms with van der Waals surface area (Å²) in [5.41, 5.74) is 1.03. The van der Waals surface area contributed by atoms with Gasteiger partial charge in [-0.3, -0.25) is 9.59 Å². The lowest BCUT2D eigenvalue weighted by molar-refractivity contribution is -0.142. The van der Waals surface area contributed by atoms with Crippen LogP contribution in [0.25, 0.3) is 0 Å². The minimum Gasteiger partial charge on any atom is -0.493 e. The van der Waals surface area contributed by atoms with Gasteiger partial charge < -0.3 is 23.7 Å². The van der Waals surface area contributed by atoms with Crippen LogP contribution in [0.2, 0.25) is 0 Å². The Kier molecular flexibility index (Phi) is 11.5. The summed E-state index contributed by atoms with van der Waals surface area (Å²) in [6.45, 7) is 7.09. The molecule has 0 aliphatic heterocycles. The van der Waals surface area contributed by atoms with Crippen molar-refractivity contribution in [2.45, 2.75) is 71.9 Å². The molecule has 0 N–H and O–H groups in total. The molecule has 0 aliphatic carbocycles. The SMILES string of the molecule is CCCCCC(=O)N(CC(=O)N(CCc1ccc(OC)c(OC)c1)Cc1ccco1)C(C)CC. The van der Waals surface area contributed by atoms with Crippen molar-refractivity contribution in [2.75, 3.05) is 27.3 Å². The van der Waals surface area contributed by atoms with E-state index in [4.69, 9.17) is 13.9 Å². The van der Waals surface area contributed by atoms with Gasteiger partial charge in [-0.05, 0) is 56.0 Å². The minimum absolute atomic E-state index is 0.00869. The number of carbonyl (C=O) groups excluding carboxylic acids is 2. The molecule has 0 radical (unpaired) electrons. The van der Waals surface area contributed by atoms with Crippen LogP contribution >= 0.6 is 0 Å². The Hall–Kier alpha value is -2.96. The lowest BCUT2D eigenvalue weighted by atomic mass is 10.1. The van der Waals surface area contributed by atoms with Gasteiger partial charge in [0.25, 0.3) is 0 Å². The number of rotatable bonds is 15. The highest BCUT2D eigenvalue weighted by molar-refractivity contribution is 5.85. The zero-order valence-corrected chi connectivity index (χ0v) is 21.3. The van der Waals surface area contributed by atoms with Crippen LogP contribution in [0.1, 0.15) is 64.2 Å². The van der Waals surface area contributed by atoms with Crippen LogP contribution in [0.5, 0.6) is 11.5 Å². The fourth-order valence-corrected chi connectivity index (χ4v) is 3.81. The van der Waals surface area contributed by atoms with Crippen molar-refractivity contribution in [3.05, 3.63) is 47.9 Å². The van der Waals surface area contributed by atoms with Crippen molar-refractivity contribution in [1.82, 2.24) is 9.80 Å². The first kappa shape index (κ1) is 27.3. The number of carbonyl (C=O) groups is 2. The summed E-state index contributed by atoms with van der Waals surface area (Å²) >= 11 is 0. The molecule has 0 saturated carbocycles. The molecule has 0 bridgehead atoms. The first-order valence-corrected chi connectivity index (χ1v) is 12.2. The summed E-state index contributed by atoms with van der Waals surface area (Å²) in [7, 11) is 3.21. The van der Waals surface area contributed by atoms with E-state index in [0.29, 0.717) is 43.2 Å². The van der Waals surface area contributed by atoms with Gasteiger partial charge >= 0.3 is 0 Å². The van der Waals surface area contributed by atoms with Crippen molar-refractivity contribution in [2.24, 2.45) is 0 Å². The molecule has 1 aromatic carbocycles. The van der Waals surface area contributed by atoms with Gasteiger partial charge in [-0.2, -0.15) is 0 Å². The fourth-order valence-electron chi connectivity index (χ4n) is 3.81. The maximum atomic E-state index is 13.4. The number of benzene rings is 1. The number of amides is 2. The second kappa shape index (κ2) is 14.3. The van der Waals surface area contributed by atoms with Gasteiger partial charge in [0.05, 0.1) is 27.0 Å². The predicted octanol–water partition coefficient (Wildman–Crippen LogP) is 5.08. The van der Waals surface area contributed by atoms with Crippen molar-refractivity contribution >= 4 is 11.8 Å². The van der Waals surface area contributed by atoms with E-state index in [1.165, 1.54) is 0 Å². The number of furan rings is 1. The van der Waals surface area contributed by atoms with Gasteiger partial charge in [0.1, 0.15) is 12.3 Å². The highest BCUT2D eigenvalue weighted by Crippen LogP contribution is 2.27. The molecule has 188 valence electrons. The summed E-state index contributed by atoms with van der Waals surface area (Å²) in [6, 6.07) is 9.45. The Labute approximate surface area is 204 Å². The molecule has 1 heterocycles. The average molecular weight is 473 g/mol. The molecule has 1 atom stereocenters. The van der Waals surface area contributed by atoms with Gasteiger partial charge in [0, 0.05) is 19.0 Å². The standard InChI is InChI=1S/C27H40N2O5/c1-6-8-9-12-26(30)29(21(3)7-2)20-27(31)28(19-23-11-10-17-34-23)16-15-22-13-14-24(32-4)25(18-22)33-5/h10-11,13-14,17-18,21H,6-9,12,15-16,19-20H2,1-5H3. The third-order valence-electron chi connectivity index (χ3n) is 6.14. The van der Waals surface area contributed by atoms with Crippen LogP contribution in [0.4, 0.5) is 0 Å². The van der Waals surface area contributed by atoms with Crippen molar-refractivity contribution < 1.29 is 23.5 Å². The van der Waals surface area contributed by atoms with Gasteiger partial charge in [-0.25, -0.2) is 0 Å². The van der Waals surface area contributed by atoms with Crippen LogP contribution < -0.4 is 9.47 Å². The Balaban J connectivity index is 2.14. The Bertz CT molecular complexity index is 881. The molecule has 7 nitrogen and oxygen atoms in total. The molecule has 0 fully saturated rings. The van der Waals surface area contributed by atoms with Crippen LogP contribution in [0, 0.1) is 0 Å². The summed E-state index contributed by atoms with van der Waals surface area (Å²) < 4.78 is 16.2. The van der Waals surface area contributed by atoms with E-state index in [0.717, 1.165) is 31.2 Å². The summed E-state index contributed by atoms with van der Waals surface area (Å²) in [4.78, 5) is 29.8. The molecule has 1 unspecified atom stereocenters. The maximum absolute atomic E-state index is 13.4. The second-order valence-electron chi connectivity index (χ2n) is 8.57. The lowest BCUT2D eigenvalue weighted by Gasteiger charge is -2.31. The van der Waals surface area contributed by atoms with Crippen LogP contribution in [0.15, 0.2) is 41.0 Å². The molecule has 2 rings (SSSR count). The summed E-state index contributed by atoms with van der Waals surface area (Å²) in [6.07, 6.45) is 6.46. The third kappa shape index (κ3) is 8.12. The zero-order chi connectivity index (χ0) is 24.9. The van der Waals surface area contributed by atoms with Crippen molar-refractivity contribution in [1.29, 1.82) is 0 Å². The smallest absolute Gasteiger partial charge is 0.242 e. The number of ether oxygens (including phenoxy) is 2. The number of unbranched alkanes of at least 4 members (excludes halogenated alkanes) is 2. The largest absolute Gasteiger partial charge is 0.493 e. The zero-order valence-electron chi connectivity index (χ0n) is 21.3. The Morgan fingerprint density at radius 3 is 2.41 bits per heavy atom. The van der Waals surface area contributed by atoms with E-state index >= 15 is 0 Å². The molecule has 0 spiro atoms. The van der Waals surface area contributed by atoms with E-state index in [9.17, 15) is 9.59 Å². The topological polar surface area (TPSA) is 72.2 Å². The maximum Gasteiger partial charge on any atom is 0.242 e. The van der Waals surface area contributed by atoms with E-state index < -0.39 is 0 Å². The number of hydrogen-bond acceptors (Lipinski definition) is 5. The molecule has 1 aromatic heterocycles. The van der Waals surface area contributed by atoms with Gasteiger partial charge in [-0.15, -0.1) is 0 Å². The predicted molar refractivity (Wildman–Crippen MR) is 133 cm³/mol. The molecule has 2 aromatic rings. The molecule has 7 heteroatoms. The lowest BCUT2D eigenvalue weighted by Crippen LogP contribution is -2.46. The molecule has 2 amide bonds. The van der Waals surface area contributed by atoms with Crippen LogP contribution in [-0.2, 0) is 22.6 Å². The third-order valence-corrected chi connectivity index (χ3v) is 6.14. The summed E-state index contributed by atoms with van der Waals surface area (Å²) in [5.74, 6) is 2.00. The van der Waals surface area contributed by atoms with E-state index in [-0.39, 0.29) is 24.4 Å². The first-order chi connectivity index (χ1) is 16.4. The van der Waals surface area contributed by atoms with Crippen LogP contribution in [-0.4, -0.2) is 55.0 Å². The van der Waals surface area contributed by atoms with Crippen LogP contribution in [0.3, 0.4) is 0 Å². The fraction of sp³-hybridized carbons (Fsp3) is 0.556.